The van der Waals surface area contributed by atoms with E-state index in [1.807, 2.05) is 18.3 Å². The van der Waals surface area contributed by atoms with E-state index in [0.29, 0.717) is 6.54 Å². The number of anilines is 2. The first-order valence-electron chi connectivity index (χ1n) is 6.28. The van der Waals surface area contributed by atoms with Crippen LogP contribution in [0.3, 0.4) is 0 Å². The Morgan fingerprint density at radius 1 is 0.895 bits per heavy atom. The SMILES string of the molecule is Nc1c2c(c(N)c3cc4ccccc4cc13)CN=C2. The van der Waals surface area contributed by atoms with Gasteiger partial charge in [0.25, 0.3) is 0 Å². The molecular weight excluding hydrogens is 234 g/mol. The summed E-state index contributed by atoms with van der Waals surface area (Å²) in [6, 6.07) is 12.5. The summed E-state index contributed by atoms with van der Waals surface area (Å²) in [4.78, 5) is 4.28. The van der Waals surface area contributed by atoms with Crippen LogP contribution < -0.4 is 11.5 Å². The molecule has 0 aliphatic carbocycles. The molecule has 4 N–H and O–H groups in total. The molecule has 0 spiro atoms. The second-order valence-electron chi connectivity index (χ2n) is 4.93. The maximum absolute atomic E-state index is 6.29. The van der Waals surface area contributed by atoms with Crippen molar-refractivity contribution < 1.29 is 0 Å². The average Bonchev–Trinajstić information content (AvgIpc) is 2.93. The van der Waals surface area contributed by atoms with Crippen molar-refractivity contribution in [2.75, 3.05) is 11.5 Å². The Balaban J connectivity index is 2.24. The Bertz CT molecular complexity index is 863. The molecule has 0 radical (unpaired) electrons. The third-order valence-electron chi connectivity index (χ3n) is 3.88. The monoisotopic (exact) mass is 247 g/mol. The molecule has 0 saturated carbocycles. The number of nitrogens with zero attached hydrogens (tertiary/aromatic N) is 1. The molecule has 4 rings (SSSR count). The van der Waals surface area contributed by atoms with E-state index in [1.54, 1.807) is 0 Å². The van der Waals surface area contributed by atoms with Crippen LogP contribution >= 0.6 is 0 Å². The summed E-state index contributed by atoms with van der Waals surface area (Å²) in [5.74, 6) is 0. The minimum Gasteiger partial charge on any atom is -0.398 e. The van der Waals surface area contributed by atoms with Crippen LogP contribution in [-0.2, 0) is 6.54 Å². The fourth-order valence-corrected chi connectivity index (χ4v) is 2.85. The van der Waals surface area contributed by atoms with E-state index < -0.39 is 0 Å². The Labute approximate surface area is 110 Å². The summed E-state index contributed by atoms with van der Waals surface area (Å²) in [5, 5.41) is 4.40. The molecule has 0 unspecified atom stereocenters. The largest absolute Gasteiger partial charge is 0.398 e. The molecule has 92 valence electrons. The van der Waals surface area contributed by atoms with Crippen molar-refractivity contribution in [1.29, 1.82) is 0 Å². The molecule has 3 aromatic rings. The van der Waals surface area contributed by atoms with Gasteiger partial charge in [-0.2, -0.15) is 0 Å². The maximum Gasteiger partial charge on any atom is 0.0667 e. The minimum atomic E-state index is 0.633. The molecule has 1 aliphatic rings. The molecule has 1 aliphatic heterocycles. The molecule has 0 fully saturated rings. The summed E-state index contributed by atoms with van der Waals surface area (Å²) in [7, 11) is 0. The van der Waals surface area contributed by atoms with Gasteiger partial charge in [0.15, 0.2) is 0 Å². The zero-order chi connectivity index (χ0) is 13.0. The van der Waals surface area contributed by atoms with Gasteiger partial charge in [0.1, 0.15) is 0 Å². The number of benzene rings is 3. The van der Waals surface area contributed by atoms with E-state index in [0.717, 1.165) is 33.3 Å². The number of hydrogen-bond donors (Lipinski definition) is 2. The highest BCUT2D eigenvalue weighted by Crippen LogP contribution is 2.38. The van der Waals surface area contributed by atoms with Crippen LogP contribution in [0.2, 0.25) is 0 Å². The van der Waals surface area contributed by atoms with Crippen LogP contribution in [0.4, 0.5) is 11.4 Å². The summed E-state index contributed by atoms with van der Waals surface area (Å²) in [6.07, 6.45) is 1.83. The van der Waals surface area contributed by atoms with Gasteiger partial charge in [-0.3, -0.25) is 4.99 Å². The number of hydrogen-bond acceptors (Lipinski definition) is 3. The Hall–Kier alpha value is -2.55. The lowest BCUT2D eigenvalue weighted by Crippen LogP contribution is -2.01. The molecule has 0 saturated heterocycles. The summed E-state index contributed by atoms with van der Waals surface area (Å²) in [6.45, 7) is 0.633. The molecule has 19 heavy (non-hydrogen) atoms. The van der Waals surface area contributed by atoms with E-state index in [-0.39, 0.29) is 0 Å². The highest BCUT2D eigenvalue weighted by atomic mass is 14.8. The summed E-state index contributed by atoms with van der Waals surface area (Å²) < 4.78 is 0. The molecular formula is C16H13N3. The van der Waals surface area contributed by atoms with Crippen molar-refractivity contribution >= 4 is 39.1 Å². The second kappa shape index (κ2) is 3.48. The lowest BCUT2D eigenvalue weighted by molar-refractivity contribution is 1.12. The van der Waals surface area contributed by atoms with Crippen molar-refractivity contribution in [2.24, 2.45) is 4.99 Å². The van der Waals surface area contributed by atoms with Crippen molar-refractivity contribution in [1.82, 2.24) is 0 Å². The number of rotatable bonds is 0. The van der Waals surface area contributed by atoms with Crippen LogP contribution in [0.25, 0.3) is 21.5 Å². The topological polar surface area (TPSA) is 64.4 Å². The first kappa shape index (κ1) is 10.4. The van der Waals surface area contributed by atoms with E-state index >= 15 is 0 Å². The van der Waals surface area contributed by atoms with Gasteiger partial charge in [0.2, 0.25) is 0 Å². The minimum absolute atomic E-state index is 0.633. The predicted octanol–water partition coefficient (Wildman–Crippen LogP) is 3.09. The Morgan fingerprint density at radius 3 is 2.21 bits per heavy atom. The maximum atomic E-state index is 6.29. The first-order chi connectivity index (χ1) is 9.25. The van der Waals surface area contributed by atoms with Gasteiger partial charge < -0.3 is 11.5 Å². The molecule has 0 aromatic heterocycles. The van der Waals surface area contributed by atoms with Gasteiger partial charge in [0, 0.05) is 39.5 Å². The molecule has 3 nitrogen and oxygen atoms in total. The van der Waals surface area contributed by atoms with Gasteiger partial charge in [-0.1, -0.05) is 24.3 Å². The fourth-order valence-electron chi connectivity index (χ4n) is 2.85. The van der Waals surface area contributed by atoms with Gasteiger partial charge >= 0.3 is 0 Å². The third kappa shape index (κ3) is 1.30. The van der Waals surface area contributed by atoms with Crippen LogP contribution in [0.15, 0.2) is 41.4 Å². The zero-order valence-electron chi connectivity index (χ0n) is 10.4. The van der Waals surface area contributed by atoms with Gasteiger partial charge in [-0.15, -0.1) is 0 Å². The van der Waals surface area contributed by atoms with Gasteiger partial charge in [-0.25, -0.2) is 0 Å². The lowest BCUT2D eigenvalue weighted by Gasteiger charge is -2.13. The van der Waals surface area contributed by atoms with Crippen LogP contribution in [-0.4, -0.2) is 6.21 Å². The van der Waals surface area contributed by atoms with Crippen LogP contribution in [0, 0.1) is 0 Å². The number of aliphatic imine (C=N–C) groups is 1. The normalized spacial score (nSPS) is 13.3. The Kier molecular flexibility index (Phi) is 1.90. The number of nitrogen functional groups attached to an aromatic ring is 2. The van der Waals surface area contributed by atoms with E-state index in [2.05, 4.69) is 29.3 Å². The quantitative estimate of drug-likeness (QED) is 0.364. The van der Waals surface area contributed by atoms with Gasteiger partial charge in [-0.05, 0) is 22.9 Å². The average molecular weight is 247 g/mol. The van der Waals surface area contributed by atoms with Crippen molar-refractivity contribution in [3.8, 4) is 0 Å². The van der Waals surface area contributed by atoms with E-state index in [4.69, 9.17) is 11.5 Å². The fraction of sp³-hybridized carbons (Fsp3) is 0.0625. The predicted molar refractivity (Wildman–Crippen MR) is 81.6 cm³/mol. The second-order valence-corrected chi connectivity index (χ2v) is 4.93. The standard InChI is InChI=1S/C16H13N3/c17-15-11-5-9-3-1-2-4-10(9)6-12(11)16(18)14-8-19-7-13(14)15/h1-7H,8,17-18H2. The van der Waals surface area contributed by atoms with Crippen molar-refractivity contribution in [3.63, 3.8) is 0 Å². The highest BCUT2D eigenvalue weighted by molar-refractivity contribution is 6.14. The smallest absolute Gasteiger partial charge is 0.0667 e. The summed E-state index contributed by atoms with van der Waals surface area (Å²) >= 11 is 0. The number of fused-ring (bicyclic) bond motifs is 3. The molecule has 0 bridgehead atoms. The highest BCUT2D eigenvalue weighted by Gasteiger charge is 2.18. The van der Waals surface area contributed by atoms with E-state index in [1.165, 1.54) is 10.8 Å². The van der Waals surface area contributed by atoms with Crippen molar-refractivity contribution in [2.45, 2.75) is 6.54 Å². The molecule has 0 amide bonds. The third-order valence-corrected chi connectivity index (χ3v) is 3.88. The number of nitrogens with two attached hydrogens (primary N) is 2. The Morgan fingerprint density at radius 2 is 1.53 bits per heavy atom. The molecule has 0 atom stereocenters. The van der Waals surface area contributed by atoms with E-state index in [9.17, 15) is 0 Å². The molecule has 3 heteroatoms. The van der Waals surface area contributed by atoms with Gasteiger partial charge in [0.05, 0.1) is 6.54 Å². The first-order valence-corrected chi connectivity index (χ1v) is 6.28. The summed E-state index contributed by atoms with van der Waals surface area (Å²) in [5.41, 5.74) is 16.2. The zero-order valence-corrected chi connectivity index (χ0v) is 10.4. The van der Waals surface area contributed by atoms with Crippen LogP contribution in [0.1, 0.15) is 11.1 Å². The van der Waals surface area contributed by atoms with Crippen molar-refractivity contribution in [3.05, 3.63) is 47.5 Å². The van der Waals surface area contributed by atoms with Crippen LogP contribution in [0.5, 0.6) is 0 Å². The molecule has 1 heterocycles. The lowest BCUT2D eigenvalue weighted by atomic mass is 9.95. The molecule has 3 aromatic carbocycles.